The summed E-state index contributed by atoms with van der Waals surface area (Å²) >= 11 is 0. The molecule has 1 heterocycles. The second kappa shape index (κ2) is 2.47. The summed E-state index contributed by atoms with van der Waals surface area (Å²) in [6.45, 7) is 10.8. The van der Waals surface area contributed by atoms with Gasteiger partial charge in [-0.1, -0.05) is 6.92 Å². The number of piperidine rings is 1. The maximum Gasteiger partial charge on any atom is 0.0128 e. The van der Waals surface area contributed by atoms with Gasteiger partial charge in [-0.15, -0.1) is 0 Å². The molecule has 0 aromatic rings. The van der Waals surface area contributed by atoms with Crippen molar-refractivity contribution in [1.29, 1.82) is 0 Å². The van der Waals surface area contributed by atoms with Crippen LogP contribution in [-0.4, -0.2) is 23.0 Å². The average molecular weight is 167 g/mol. The minimum absolute atomic E-state index is 0.402. The number of hydrogen-bond acceptors (Lipinski definition) is 1. The normalized spacial score (nSPS) is 42.5. The highest BCUT2D eigenvalue weighted by Gasteiger charge is 2.45. The Morgan fingerprint density at radius 2 is 1.83 bits per heavy atom. The van der Waals surface area contributed by atoms with E-state index in [1.54, 1.807) is 0 Å². The summed E-state index contributed by atoms with van der Waals surface area (Å²) in [5.74, 6) is 2.00. The number of likely N-dealkylation sites (tertiary alicyclic amines) is 1. The van der Waals surface area contributed by atoms with Gasteiger partial charge in [0.2, 0.25) is 0 Å². The van der Waals surface area contributed by atoms with Crippen molar-refractivity contribution in [3.8, 4) is 0 Å². The first-order chi connectivity index (χ1) is 5.48. The molecule has 1 aliphatic carbocycles. The molecule has 0 radical (unpaired) electrons. The summed E-state index contributed by atoms with van der Waals surface area (Å²) in [7, 11) is 0. The highest BCUT2D eigenvalue weighted by molar-refractivity contribution is 4.99. The van der Waals surface area contributed by atoms with E-state index in [4.69, 9.17) is 0 Å². The summed E-state index contributed by atoms with van der Waals surface area (Å²) in [6.07, 6.45) is 2.92. The van der Waals surface area contributed by atoms with Gasteiger partial charge in [0.25, 0.3) is 0 Å². The summed E-state index contributed by atoms with van der Waals surface area (Å²) in [5.41, 5.74) is 0.402. The van der Waals surface area contributed by atoms with Crippen LogP contribution >= 0.6 is 0 Å². The van der Waals surface area contributed by atoms with Gasteiger partial charge in [0.15, 0.2) is 0 Å². The zero-order valence-electron chi connectivity index (χ0n) is 8.80. The highest BCUT2D eigenvalue weighted by atomic mass is 15.2. The third-order valence-corrected chi connectivity index (χ3v) is 3.76. The second-order valence-corrected chi connectivity index (χ2v) is 5.69. The van der Waals surface area contributed by atoms with Crippen LogP contribution in [0.1, 0.15) is 40.5 Å². The molecule has 70 valence electrons. The average Bonchev–Trinajstić information content (AvgIpc) is 2.41. The fourth-order valence-corrected chi connectivity index (χ4v) is 3.03. The van der Waals surface area contributed by atoms with Crippen molar-refractivity contribution in [1.82, 2.24) is 4.90 Å². The molecule has 1 nitrogen and oxygen atoms in total. The molecule has 0 N–H and O–H groups in total. The fraction of sp³-hybridized carbons (Fsp3) is 1.00. The largest absolute Gasteiger partial charge is 0.295 e. The van der Waals surface area contributed by atoms with Crippen LogP contribution < -0.4 is 0 Å². The number of rotatable bonds is 0. The van der Waals surface area contributed by atoms with Gasteiger partial charge in [0.1, 0.15) is 0 Å². The summed E-state index contributed by atoms with van der Waals surface area (Å²) in [6, 6.07) is 0.907. The molecule has 1 saturated heterocycles. The first-order valence-electron chi connectivity index (χ1n) is 5.25. The molecule has 2 aliphatic rings. The lowest BCUT2D eigenvalue weighted by molar-refractivity contribution is 0.0813. The zero-order valence-corrected chi connectivity index (χ0v) is 8.80. The SMILES string of the molecule is CC1C[C@@H]2C[C@H]1CN2C(C)(C)C. The minimum Gasteiger partial charge on any atom is -0.295 e. The van der Waals surface area contributed by atoms with Gasteiger partial charge >= 0.3 is 0 Å². The van der Waals surface area contributed by atoms with E-state index in [1.807, 2.05) is 0 Å². The van der Waals surface area contributed by atoms with Crippen LogP contribution in [0.5, 0.6) is 0 Å². The van der Waals surface area contributed by atoms with E-state index in [0.29, 0.717) is 5.54 Å². The van der Waals surface area contributed by atoms with Crippen LogP contribution in [0.25, 0.3) is 0 Å². The Morgan fingerprint density at radius 1 is 1.17 bits per heavy atom. The fourth-order valence-electron chi connectivity index (χ4n) is 3.03. The number of fused-ring (bicyclic) bond motifs is 2. The summed E-state index contributed by atoms with van der Waals surface area (Å²) in [4.78, 5) is 2.71. The van der Waals surface area contributed by atoms with E-state index in [9.17, 15) is 0 Å². The van der Waals surface area contributed by atoms with Crippen LogP contribution in [-0.2, 0) is 0 Å². The lowest BCUT2D eigenvalue weighted by Crippen LogP contribution is -2.47. The van der Waals surface area contributed by atoms with Crippen LogP contribution in [0.3, 0.4) is 0 Å². The van der Waals surface area contributed by atoms with Crippen molar-refractivity contribution in [3.63, 3.8) is 0 Å². The smallest absolute Gasteiger partial charge is 0.0128 e. The third kappa shape index (κ3) is 1.19. The molecule has 1 unspecified atom stereocenters. The molecule has 1 heteroatoms. The van der Waals surface area contributed by atoms with Crippen molar-refractivity contribution in [2.45, 2.75) is 52.1 Å². The first kappa shape index (κ1) is 8.55. The van der Waals surface area contributed by atoms with E-state index < -0.39 is 0 Å². The maximum atomic E-state index is 2.71. The van der Waals surface area contributed by atoms with Crippen LogP contribution in [0.4, 0.5) is 0 Å². The zero-order chi connectivity index (χ0) is 8.93. The molecule has 2 bridgehead atoms. The van der Waals surface area contributed by atoms with E-state index >= 15 is 0 Å². The molecule has 2 rings (SSSR count). The molecule has 2 fully saturated rings. The van der Waals surface area contributed by atoms with E-state index in [2.05, 4.69) is 32.6 Å². The molecule has 0 aromatic heterocycles. The van der Waals surface area contributed by atoms with Crippen molar-refractivity contribution >= 4 is 0 Å². The highest BCUT2D eigenvalue weighted by Crippen LogP contribution is 2.44. The van der Waals surface area contributed by atoms with Crippen molar-refractivity contribution in [2.75, 3.05) is 6.54 Å². The van der Waals surface area contributed by atoms with Gasteiger partial charge in [0, 0.05) is 18.1 Å². The molecular weight excluding hydrogens is 146 g/mol. The van der Waals surface area contributed by atoms with Crippen molar-refractivity contribution in [3.05, 3.63) is 0 Å². The second-order valence-electron chi connectivity index (χ2n) is 5.69. The molecule has 1 aliphatic heterocycles. The predicted molar refractivity (Wildman–Crippen MR) is 52.1 cm³/mol. The van der Waals surface area contributed by atoms with Gasteiger partial charge in [-0.05, 0) is 45.4 Å². The van der Waals surface area contributed by atoms with Gasteiger partial charge < -0.3 is 0 Å². The maximum absolute atomic E-state index is 2.71. The third-order valence-electron chi connectivity index (χ3n) is 3.76. The molecule has 0 amide bonds. The Labute approximate surface area is 76.1 Å². The van der Waals surface area contributed by atoms with Crippen molar-refractivity contribution < 1.29 is 0 Å². The quantitative estimate of drug-likeness (QED) is 0.536. The van der Waals surface area contributed by atoms with Gasteiger partial charge in [0.05, 0.1) is 0 Å². The Balaban J connectivity index is 2.08. The number of hydrogen-bond donors (Lipinski definition) is 0. The molecular formula is C11H21N. The van der Waals surface area contributed by atoms with E-state index in [0.717, 1.165) is 17.9 Å². The monoisotopic (exact) mass is 167 g/mol. The standard InChI is InChI=1S/C11H21N/c1-8-5-10-6-9(8)7-12(10)11(2,3)4/h8-10H,5-7H2,1-4H3/t8?,9-,10+/m0/s1. The molecule has 3 atom stereocenters. The van der Waals surface area contributed by atoms with Gasteiger partial charge in [-0.3, -0.25) is 4.90 Å². The molecule has 12 heavy (non-hydrogen) atoms. The predicted octanol–water partition coefficient (Wildman–Crippen LogP) is 2.52. The Morgan fingerprint density at radius 3 is 2.17 bits per heavy atom. The van der Waals surface area contributed by atoms with Crippen LogP contribution in [0.2, 0.25) is 0 Å². The van der Waals surface area contributed by atoms with Crippen molar-refractivity contribution in [2.24, 2.45) is 11.8 Å². The van der Waals surface area contributed by atoms with Gasteiger partial charge in [-0.2, -0.15) is 0 Å². The Kier molecular flexibility index (Phi) is 1.76. The first-order valence-corrected chi connectivity index (χ1v) is 5.25. The Bertz CT molecular complexity index is 178. The topological polar surface area (TPSA) is 3.24 Å². The van der Waals surface area contributed by atoms with Crippen LogP contribution in [0, 0.1) is 11.8 Å². The van der Waals surface area contributed by atoms with E-state index in [1.165, 1.54) is 19.4 Å². The number of nitrogens with zero attached hydrogens (tertiary/aromatic N) is 1. The minimum atomic E-state index is 0.402. The molecule has 1 saturated carbocycles. The van der Waals surface area contributed by atoms with Crippen LogP contribution in [0.15, 0.2) is 0 Å². The Hall–Kier alpha value is -0.0400. The van der Waals surface area contributed by atoms with E-state index in [-0.39, 0.29) is 0 Å². The lowest BCUT2D eigenvalue weighted by atomic mass is 9.94. The molecule has 0 spiro atoms. The summed E-state index contributed by atoms with van der Waals surface area (Å²) < 4.78 is 0. The van der Waals surface area contributed by atoms with Gasteiger partial charge in [-0.25, -0.2) is 0 Å². The molecule has 0 aromatic carbocycles. The summed E-state index contributed by atoms with van der Waals surface area (Å²) in [5, 5.41) is 0. The lowest BCUT2D eigenvalue weighted by Gasteiger charge is -2.40.